The molecule has 1 N–H and O–H groups in total. The third-order valence-corrected chi connectivity index (χ3v) is 3.39. The molecule has 1 amide bonds. The second-order valence-electron chi connectivity index (χ2n) is 6.52. The number of carbonyl (C=O) groups is 1. The zero-order valence-electron chi connectivity index (χ0n) is 13.2. The van der Waals surface area contributed by atoms with Gasteiger partial charge in [-0.3, -0.25) is 0 Å². The second kappa shape index (κ2) is 6.60. The monoisotopic (exact) mass is 312 g/mol. The van der Waals surface area contributed by atoms with Gasteiger partial charge >= 0.3 is 6.09 Å². The van der Waals surface area contributed by atoms with E-state index in [9.17, 15) is 13.6 Å². The number of nitrogens with zero attached hydrogens (tertiary/aromatic N) is 1. The van der Waals surface area contributed by atoms with Crippen molar-refractivity contribution in [2.24, 2.45) is 0 Å². The maximum absolute atomic E-state index is 13.7. The fourth-order valence-corrected chi connectivity index (χ4v) is 2.41. The number of carbonyl (C=O) groups excluding carboxylic acids is 1. The summed E-state index contributed by atoms with van der Waals surface area (Å²) in [7, 11) is 0. The molecule has 1 saturated heterocycles. The minimum absolute atomic E-state index is 0.0822. The largest absolute Gasteiger partial charge is 0.444 e. The highest BCUT2D eigenvalue weighted by Crippen LogP contribution is 2.15. The SMILES string of the molecule is CC(C)(C)OC(=O)N1CCN[C@H](Cc2ccc(F)cc2F)C1. The van der Waals surface area contributed by atoms with E-state index in [1.807, 2.05) is 20.8 Å². The van der Waals surface area contributed by atoms with Crippen LogP contribution in [0, 0.1) is 11.6 Å². The van der Waals surface area contributed by atoms with Crippen LogP contribution in [-0.2, 0) is 11.2 Å². The molecular formula is C16H22F2N2O2. The number of ether oxygens (including phenoxy) is 1. The first-order valence-electron chi connectivity index (χ1n) is 7.40. The molecule has 6 heteroatoms. The van der Waals surface area contributed by atoms with Gasteiger partial charge in [0.2, 0.25) is 0 Å². The van der Waals surface area contributed by atoms with Gasteiger partial charge in [0.15, 0.2) is 0 Å². The molecule has 4 nitrogen and oxygen atoms in total. The van der Waals surface area contributed by atoms with Crippen molar-refractivity contribution in [3.05, 3.63) is 35.4 Å². The molecule has 1 atom stereocenters. The van der Waals surface area contributed by atoms with Crippen LogP contribution in [0.2, 0.25) is 0 Å². The van der Waals surface area contributed by atoms with Crippen LogP contribution in [0.25, 0.3) is 0 Å². The molecule has 1 aliphatic heterocycles. The molecule has 2 rings (SSSR count). The van der Waals surface area contributed by atoms with Gasteiger partial charge in [-0.25, -0.2) is 13.6 Å². The van der Waals surface area contributed by atoms with Crippen molar-refractivity contribution in [1.82, 2.24) is 10.2 Å². The smallest absolute Gasteiger partial charge is 0.410 e. The van der Waals surface area contributed by atoms with Gasteiger partial charge in [-0.1, -0.05) is 6.07 Å². The van der Waals surface area contributed by atoms with Gasteiger partial charge in [-0.2, -0.15) is 0 Å². The molecular weight excluding hydrogens is 290 g/mol. The quantitative estimate of drug-likeness (QED) is 0.913. The standard InChI is InChI=1S/C16H22F2N2O2/c1-16(2,3)22-15(21)20-7-6-19-13(10-20)8-11-4-5-12(17)9-14(11)18/h4-5,9,13,19H,6-8,10H2,1-3H3/t13-/m1/s1. The van der Waals surface area contributed by atoms with Gasteiger partial charge in [-0.15, -0.1) is 0 Å². The molecule has 0 spiro atoms. The Morgan fingerprint density at radius 1 is 1.41 bits per heavy atom. The molecule has 1 aromatic carbocycles. The van der Waals surface area contributed by atoms with Gasteiger partial charge in [0.1, 0.15) is 17.2 Å². The molecule has 0 aliphatic carbocycles. The van der Waals surface area contributed by atoms with Crippen molar-refractivity contribution >= 4 is 6.09 Å². The van der Waals surface area contributed by atoms with Crippen molar-refractivity contribution in [1.29, 1.82) is 0 Å². The summed E-state index contributed by atoms with van der Waals surface area (Å²) in [5.41, 5.74) is -0.106. The van der Waals surface area contributed by atoms with E-state index in [0.29, 0.717) is 31.6 Å². The summed E-state index contributed by atoms with van der Waals surface area (Å²) in [6.45, 7) is 7.06. The van der Waals surface area contributed by atoms with E-state index >= 15 is 0 Å². The number of nitrogens with one attached hydrogen (secondary N) is 1. The second-order valence-corrected chi connectivity index (χ2v) is 6.52. The fourth-order valence-electron chi connectivity index (χ4n) is 2.41. The molecule has 0 bridgehead atoms. The van der Waals surface area contributed by atoms with E-state index in [-0.39, 0.29) is 12.1 Å². The Kier molecular flexibility index (Phi) is 5.01. The normalized spacial score (nSPS) is 19.1. The topological polar surface area (TPSA) is 41.6 Å². The molecule has 0 unspecified atom stereocenters. The summed E-state index contributed by atoms with van der Waals surface area (Å²) in [4.78, 5) is 13.7. The van der Waals surface area contributed by atoms with Crippen molar-refractivity contribution in [2.75, 3.05) is 19.6 Å². The Morgan fingerprint density at radius 2 is 2.14 bits per heavy atom. The van der Waals surface area contributed by atoms with Crippen LogP contribution in [0.5, 0.6) is 0 Å². The first-order chi connectivity index (χ1) is 10.2. The Morgan fingerprint density at radius 3 is 2.77 bits per heavy atom. The number of benzene rings is 1. The highest BCUT2D eigenvalue weighted by Gasteiger charge is 2.27. The highest BCUT2D eigenvalue weighted by molar-refractivity contribution is 5.68. The van der Waals surface area contributed by atoms with Gasteiger partial charge in [-0.05, 0) is 38.8 Å². The van der Waals surface area contributed by atoms with Crippen LogP contribution < -0.4 is 5.32 Å². The molecule has 1 aromatic rings. The van der Waals surface area contributed by atoms with E-state index in [4.69, 9.17) is 4.74 Å². The van der Waals surface area contributed by atoms with Crippen molar-refractivity contribution in [3.63, 3.8) is 0 Å². The number of piperazine rings is 1. The van der Waals surface area contributed by atoms with Gasteiger partial charge < -0.3 is 15.0 Å². The lowest BCUT2D eigenvalue weighted by atomic mass is 10.0. The van der Waals surface area contributed by atoms with Crippen LogP contribution in [0.1, 0.15) is 26.3 Å². The summed E-state index contributed by atoms with van der Waals surface area (Å²) in [6.07, 6.45) is 0.0318. The zero-order valence-corrected chi connectivity index (χ0v) is 13.2. The van der Waals surface area contributed by atoms with E-state index in [1.165, 1.54) is 12.1 Å². The van der Waals surface area contributed by atoms with Crippen LogP contribution in [-0.4, -0.2) is 42.3 Å². The minimum atomic E-state index is -0.590. The lowest BCUT2D eigenvalue weighted by molar-refractivity contribution is 0.0195. The van der Waals surface area contributed by atoms with Crippen LogP contribution in [0.15, 0.2) is 18.2 Å². The summed E-state index contributed by atoms with van der Waals surface area (Å²) in [6, 6.07) is 3.48. The predicted octanol–water partition coefficient (Wildman–Crippen LogP) is 2.72. The van der Waals surface area contributed by atoms with E-state index in [0.717, 1.165) is 6.07 Å². The summed E-state index contributed by atoms with van der Waals surface area (Å²) in [5.74, 6) is -1.15. The maximum Gasteiger partial charge on any atom is 0.410 e. The van der Waals surface area contributed by atoms with E-state index in [1.54, 1.807) is 4.90 Å². The summed E-state index contributed by atoms with van der Waals surface area (Å²) in [5, 5.41) is 3.25. The Hall–Kier alpha value is -1.69. The van der Waals surface area contributed by atoms with E-state index < -0.39 is 17.2 Å². The molecule has 0 aromatic heterocycles. The maximum atomic E-state index is 13.7. The van der Waals surface area contributed by atoms with Gasteiger partial charge in [0.05, 0.1) is 0 Å². The summed E-state index contributed by atoms with van der Waals surface area (Å²) < 4.78 is 32.0. The van der Waals surface area contributed by atoms with Crippen molar-refractivity contribution in [2.45, 2.75) is 38.8 Å². The third-order valence-electron chi connectivity index (χ3n) is 3.39. The van der Waals surface area contributed by atoms with Gasteiger partial charge in [0.25, 0.3) is 0 Å². The van der Waals surface area contributed by atoms with Crippen molar-refractivity contribution in [3.8, 4) is 0 Å². The first-order valence-corrected chi connectivity index (χ1v) is 7.40. The number of amides is 1. The molecule has 0 saturated carbocycles. The average molecular weight is 312 g/mol. The molecule has 1 heterocycles. The number of hydrogen-bond donors (Lipinski definition) is 1. The van der Waals surface area contributed by atoms with Crippen LogP contribution in [0.3, 0.4) is 0 Å². The fraction of sp³-hybridized carbons (Fsp3) is 0.562. The molecule has 22 heavy (non-hydrogen) atoms. The lowest BCUT2D eigenvalue weighted by Gasteiger charge is -2.35. The Labute approximate surface area is 129 Å². The Bertz CT molecular complexity index is 543. The number of hydrogen-bond acceptors (Lipinski definition) is 3. The van der Waals surface area contributed by atoms with Crippen LogP contribution >= 0.6 is 0 Å². The minimum Gasteiger partial charge on any atom is -0.444 e. The third kappa shape index (κ3) is 4.66. The highest BCUT2D eigenvalue weighted by atomic mass is 19.1. The van der Waals surface area contributed by atoms with E-state index in [2.05, 4.69) is 5.32 Å². The molecule has 122 valence electrons. The zero-order chi connectivity index (χ0) is 16.3. The number of rotatable bonds is 2. The molecule has 0 radical (unpaired) electrons. The van der Waals surface area contributed by atoms with Gasteiger partial charge in [0, 0.05) is 31.7 Å². The summed E-state index contributed by atoms with van der Waals surface area (Å²) >= 11 is 0. The molecule has 1 aliphatic rings. The number of halogens is 2. The van der Waals surface area contributed by atoms with Crippen molar-refractivity contribution < 1.29 is 18.3 Å². The average Bonchev–Trinajstić information content (AvgIpc) is 2.40. The Balaban J connectivity index is 1.97. The lowest BCUT2D eigenvalue weighted by Crippen LogP contribution is -2.54. The predicted molar refractivity (Wildman–Crippen MR) is 79.7 cm³/mol. The first kappa shape index (κ1) is 16.7. The molecule has 1 fully saturated rings. The van der Waals surface area contributed by atoms with Crippen LogP contribution in [0.4, 0.5) is 13.6 Å².